The Bertz CT molecular complexity index is 375. The van der Waals surface area contributed by atoms with Crippen LogP contribution in [0.3, 0.4) is 0 Å². The average molecular weight is 266 g/mol. The van der Waals surface area contributed by atoms with E-state index in [9.17, 15) is 13.2 Å². The Kier molecular flexibility index (Phi) is 4.69. The minimum absolute atomic E-state index is 0.307. The average Bonchev–Trinajstić information content (AvgIpc) is 2.18. The third kappa shape index (κ3) is 4.46. The molecule has 0 saturated heterocycles. The Hall–Kier alpha value is -0.900. The van der Waals surface area contributed by atoms with Crippen molar-refractivity contribution in [2.75, 3.05) is 11.9 Å². The fraction of sp³-hybridized carbons (Fsp3) is 0.500. The Morgan fingerprint density at radius 2 is 1.94 bits per heavy atom. The number of halogens is 4. The predicted molar refractivity (Wildman–Crippen MR) is 64.4 cm³/mol. The smallest absolute Gasteiger partial charge is 0.384 e. The zero-order valence-corrected chi connectivity index (χ0v) is 10.5. The molecule has 0 fully saturated rings. The van der Waals surface area contributed by atoms with Crippen LogP contribution in [0.5, 0.6) is 0 Å². The summed E-state index contributed by atoms with van der Waals surface area (Å²) in [4.78, 5) is 0. The maximum absolute atomic E-state index is 12.5. The number of nitrogens with one attached hydrogen (secondary N) is 1. The summed E-state index contributed by atoms with van der Waals surface area (Å²) < 4.78 is 37.4. The summed E-state index contributed by atoms with van der Waals surface area (Å²) in [6, 6.07) is 3.29. The topological polar surface area (TPSA) is 12.0 Å². The normalized spacial score (nSPS) is 11.9. The van der Waals surface area contributed by atoms with Crippen LogP contribution in [0.2, 0.25) is 5.02 Å². The largest absolute Gasteiger partial charge is 0.416 e. The fourth-order valence-corrected chi connectivity index (χ4v) is 1.52. The standard InChI is InChI=1S/C12H15ClF3N/c1-8(2)5-6-17-11-7-9(12(14,15)16)3-4-10(11)13/h3-4,7-8,17H,5-6H2,1-2H3. The molecule has 0 spiro atoms. The van der Waals surface area contributed by atoms with Gasteiger partial charge in [0.2, 0.25) is 0 Å². The maximum atomic E-state index is 12.5. The summed E-state index contributed by atoms with van der Waals surface area (Å²) in [5, 5.41) is 3.23. The molecule has 0 aliphatic carbocycles. The highest BCUT2D eigenvalue weighted by Crippen LogP contribution is 2.33. The van der Waals surface area contributed by atoms with Crippen LogP contribution < -0.4 is 5.32 Å². The summed E-state index contributed by atoms with van der Waals surface area (Å²) in [7, 11) is 0. The second kappa shape index (κ2) is 5.63. The predicted octanol–water partition coefficient (Wildman–Crippen LogP) is 4.82. The van der Waals surface area contributed by atoms with E-state index in [0.717, 1.165) is 18.6 Å². The van der Waals surface area contributed by atoms with Gasteiger partial charge in [0.05, 0.1) is 16.3 Å². The third-order valence-corrected chi connectivity index (χ3v) is 2.66. The van der Waals surface area contributed by atoms with Crippen molar-refractivity contribution in [3.8, 4) is 0 Å². The molecule has 0 heterocycles. The summed E-state index contributed by atoms with van der Waals surface area (Å²) in [5.41, 5.74) is -0.351. The molecule has 1 N–H and O–H groups in total. The van der Waals surface area contributed by atoms with Crippen molar-refractivity contribution >= 4 is 17.3 Å². The molecule has 1 aromatic carbocycles. The first-order valence-electron chi connectivity index (χ1n) is 5.41. The van der Waals surface area contributed by atoms with Crippen molar-refractivity contribution in [3.05, 3.63) is 28.8 Å². The molecule has 0 radical (unpaired) electrons. The molecule has 1 aromatic rings. The lowest BCUT2D eigenvalue weighted by atomic mass is 10.1. The molecule has 1 rings (SSSR count). The highest BCUT2D eigenvalue weighted by Gasteiger charge is 2.30. The van der Waals surface area contributed by atoms with Crippen LogP contribution in [0.15, 0.2) is 18.2 Å². The quantitative estimate of drug-likeness (QED) is 0.823. The van der Waals surface area contributed by atoms with E-state index in [4.69, 9.17) is 11.6 Å². The summed E-state index contributed by atoms with van der Waals surface area (Å²) in [6.45, 7) is 4.71. The summed E-state index contributed by atoms with van der Waals surface area (Å²) in [5.74, 6) is 0.493. The van der Waals surface area contributed by atoms with E-state index in [0.29, 0.717) is 23.2 Å². The van der Waals surface area contributed by atoms with Crippen LogP contribution in [0.25, 0.3) is 0 Å². The van der Waals surface area contributed by atoms with E-state index in [1.54, 1.807) is 0 Å². The zero-order chi connectivity index (χ0) is 13.1. The Morgan fingerprint density at radius 1 is 1.29 bits per heavy atom. The van der Waals surface area contributed by atoms with E-state index < -0.39 is 11.7 Å². The van der Waals surface area contributed by atoms with Crippen LogP contribution in [0, 0.1) is 5.92 Å². The number of anilines is 1. The Balaban J connectivity index is 2.77. The lowest BCUT2D eigenvalue weighted by Gasteiger charge is -2.13. The molecule has 17 heavy (non-hydrogen) atoms. The molecule has 0 unspecified atom stereocenters. The van der Waals surface area contributed by atoms with Crippen LogP contribution in [-0.2, 0) is 6.18 Å². The van der Waals surface area contributed by atoms with Gasteiger partial charge in [0.1, 0.15) is 0 Å². The molecular weight excluding hydrogens is 251 g/mol. The van der Waals surface area contributed by atoms with E-state index >= 15 is 0 Å². The maximum Gasteiger partial charge on any atom is 0.416 e. The first-order valence-corrected chi connectivity index (χ1v) is 5.79. The van der Waals surface area contributed by atoms with Crippen molar-refractivity contribution in [1.82, 2.24) is 0 Å². The Morgan fingerprint density at radius 3 is 2.47 bits per heavy atom. The van der Waals surface area contributed by atoms with Crippen molar-refractivity contribution in [3.63, 3.8) is 0 Å². The lowest BCUT2D eigenvalue weighted by Crippen LogP contribution is -2.08. The van der Waals surface area contributed by atoms with Gasteiger partial charge in [0.15, 0.2) is 0 Å². The number of benzene rings is 1. The van der Waals surface area contributed by atoms with Gasteiger partial charge in [-0.3, -0.25) is 0 Å². The van der Waals surface area contributed by atoms with Crippen molar-refractivity contribution < 1.29 is 13.2 Å². The molecular formula is C12H15ClF3N. The van der Waals surface area contributed by atoms with Gasteiger partial charge in [0.25, 0.3) is 0 Å². The van der Waals surface area contributed by atoms with Crippen molar-refractivity contribution in [2.45, 2.75) is 26.4 Å². The van der Waals surface area contributed by atoms with Gasteiger partial charge in [-0.1, -0.05) is 25.4 Å². The number of alkyl halides is 3. The van der Waals surface area contributed by atoms with Crippen LogP contribution >= 0.6 is 11.6 Å². The highest BCUT2D eigenvalue weighted by atomic mass is 35.5. The molecule has 0 aromatic heterocycles. The molecule has 0 amide bonds. The highest BCUT2D eigenvalue weighted by molar-refractivity contribution is 6.33. The van der Waals surface area contributed by atoms with E-state index in [2.05, 4.69) is 19.2 Å². The lowest BCUT2D eigenvalue weighted by molar-refractivity contribution is -0.137. The summed E-state index contributed by atoms with van der Waals surface area (Å²) >= 11 is 5.83. The van der Waals surface area contributed by atoms with Gasteiger partial charge in [0, 0.05) is 6.54 Å². The van der Waals surface area contributed by atoms with Crippen molar-refractivity contribution in [1.29, 1.82) is 0 Å². The molecule has 0 bridgehead atoms. The molecule has 0 atom stereocenters. The van der Waals surface area contributed by atoms with Crippen molar-refractivity contribution in [2.24, 2.45) is 5.92 Å². The van der Waals surface area contributed by atoms with Gasteiger partial charge in [-0.15, -0.1) is 0 Å². The minimum Gasteiger partial charge on any atom is -0.384 e. The first kappa shape index (κ1) is 14.2. The van der Waals surface area contributed by atoms with Crippen LogP contribution in [0.1, 0.15) is 25.8 Å². The Labute approximate surface area is 104 Å². The zero-order valence-electron chi connectivity index (χ0n) is 9.74. The molecule has 96 valence electrons. The second-order valence-corrected chi connectivity index (χ2v) is 4.71. The first-order chi connectivity index (χ1) is 7.80. The third-order valence-electron chi connectivity index (χ3n) is 2.33. The molecule has 5 heteroatoms. The van der Waals surface area contributed by atoms with Gasteiger partial charge < -0.3 is 5.32 Å². The number of hydrogen-bond donors (Lipinski definition) is 1. The van der Waals surface area contributed by atoms with Gasteiger partial charge >= 0.3 is 6.18 Å². The van der Waals surface area contributed by atoms with Crippen LogP contribution in [0.4, 0.5) is 18.9 Å². The van der Waals surface area contributed by atoms with Gasteiger partial charge in [-0.25, -0.2) is 0 Å². The second-order valence-electron chi connectivity index (χ2n) is 4.30. The molecule has 0 aliphatic rings. The molecule has 0 saturated carbocycles. The van der Waals surface area contributed by atoms with E-state index in [-0.39, 0.29) is 0 Å². The van der Waals surface area contributed by atoms with Crippen LogP contribution in [-0.4, -0.2) is 6.54 Å². The molecule has 0 aliphatic heterocycles. The van der Waals surface area contributed by atoms with Gasteiger partial charge in [-0.2, -0.15) is 13.2 Å². The SMILES string of the molecule is CC(C)CCNc1cc(C(F)(F)F)ccc1Cl. The molecule has 1 nitrogen and oxygen atoms in total. The fourth-order valence-electron chi connectivity index (χ4n) is 1.33. The number of rotatable bonds is 4. The van der Waals surface area contributed by atoms with Gasteiger partial charge in [-0.05, 0) is 30.5 Å². The number of hydrogen-bond acceptors (Lipinski definition) is 1. The minimum atomic E-state index is -4.33. The van der Waals surface area contributed by atoms with E-state index in [1.807, 2.05) is 0 Å². The van der Waals surface area contributed by atoms with E-state index in [1.165, 1.54) is 6.07 Å². The monoisotopic (exact) mass is 265 g/mol. The summed E-state index contributed by atoms with van der Waals surface area (Å²) in [6.07, 6.45) is -3.45.